The Bertz CT molecular complexity index is 759. The van der Waals surface area contributed by atoms with E-state index >= 15 is 0 Å². The highest BCUT2D eigenvalue weighted by molar-refractivity contribution is 5.77. The average molecular weight is 271 g/mol. The van der Waals surface area contributed by atoms with Gasteiger partial charge in [-0.2, -0.15) is 0 Å². The third-order valence-corrected chi connectivity index (χ3v) is 2.60. The number of nitrogens with zero attached hydrogens (tertiary/aromatic N) is 1. The van der Waals surface area contributed by atoms with Gasteiger partial charge in [-0.1, -0.05) is 26.0 Å². The van der Waals surface area contributed by atoms with Crippen LogP contribution in [0.2, 0.25) is 0 Å². The topological polar surface area (TPSA) is 70.8 Å². The molecule has 0 saturated heterocycles. The van der Waals surface area contributed by atoms with Crippen LogP contribution in [0.3, 0.4) is 0 Å². The minimum Gasteiger partial charge on any atom is -0.455 e. The van der Waals surface area contributed by atoms with Crippen LogP contribution in [0.25, 0.3) is 11.2 Å². The van der Waals surface area contributed by atoms with Crippen molar-refractivity contribution in [1.82, 2.24) is 15.0 Å². The maximum absolute atomic E-state index is 11.2. The van der Waals surface area contributed by atoms with Crippen molar-refractivity contribution in [2.75, 3.05) is 0 Å². The number of aromatic nitrogens is 3. The van der Waals surface area contributed by atoms with Crippen LogP contribution in [0, 0.1) is 6.92 Å². The van der Waals surface area contributed by atoms with Crippen molar-refractivity contribution in [3.05, 3.63) is 52.6 Å². The second kappa shape index (κ2) is 6.06. The van der Waals surface area contributed by atoms with Crippen LogP contribution in [0.15, 0.2) is 41.3 Å². The molecule has 2 N–H and O–H groups in total. The lowest BCUT2D eigenvalue weighted by Crippen LogP contribution is -1.99. The Morgan fingerprint density at radius 1 is 1.15 bits per heavy atom. The Labute approximate surface area is 116 Å². The quantitative estimate of drug-likeness (QED) is 0.750. The Kier molecular flexibility index (Phi) is 4.20. The molecule has 0 atom stereocenters. The van der Waals surface area contributed by atoms with Crippen molar-refractivity contribution in [2.45, 2.75) is 20.8 Å². The molecule has 2 heterocycles. The number of rotatable bonds is 2. The lowest BCUT2D eigenvalue weighted by molar-refractivity contribution is 0.486. The molecule has 0 radical (unpaired) electrons. The molecule has 3 rings (SSSR count). The van der Waals surface area contributed by atoms with E-state index < -0.39 is 0 Å². The van der Waals surface area contributed by atoms with Gasteiger partial charge in [0.15, 0.2) is 11.4 Å². The van der Waals surface area contributed by atoms with Gasteiger partial charge in [-0.15, -0.1) is 0 Å². The summed E-state index contributed by atoms with van der Waals surface area (Å²) < 4.78 is 5.76. The summed E-state index contributed by atoms with van der Waals surface area (Å²) in [6.45, 7) is 5.99. The molecule has 5 nitrogen and oxygen atoms in total. The number of H-pyrrole nitrogens is 2. The maximum Gasteiger partial charge on any atom is 0.325 e. The summed E-state index contributed by atoms with van der Waals surface area (Å²) in [5.74, 6) is 1.30. The van der Waals surface area contributed by atoms with E-state index in [-0.39, 0.29) is 5.69 Å². The summed E-state index contributed by atoms with van der Waals surface area (Å²) in [5, 5.41) is 0. The molecule has 20 heavy (non-hydrogen) atoms. The van der Waals surface area contributed by atoms with E-state index in [4.69, 9.17) is 4.74 Å². The zero-order valence-electron chi connectivity index (χ0n) is 11.7. The van der Waals surface area contributed by atoms with Crippen molar-refractivity contribution in [2.24, 2.45) is 0 Å². The molecule has 0 saturated carbocycles. The zero-order valence-corrected chi connectivity index (χ0v) is 11.7. The van der Waals surface area contributed by atoms with Crippen molar-refractivity contribution in [3.63, 3.8) is 0 Å². The summed E-state index contributed by atoms with van der Waals surface area (Å²) in [7, 11) is 0. The summed E-state index contributed by atoms with van der Waals surface area (Å²) >= 11 is 0. The number of benzene rings is 1. The minimum atomic E-state index is -0.294. The Balaban J connectivity index is 0.000000704. The molecule has 0 aliphatic carbocycles. The summed E-state index contributed by atoms with van der Waals surface area (Å²) in [6.07, 6.45) is 1.59. The Morgan fingerprint density at radius 2 is 1.95 bits per heavy atom. The number of fused-ring (bicyclic) bond motifs is 1. The molecule has 0 bridgehead atoms. The molecule has 3 aromatic rings. The highest BCUT2D eigenvalue weighted by Gasteiger charge is 2.07. The van der Waals surface area contributed by atoms with Gasteiger partial charge in [0.1, 0.15) is 11.3 Å². The second-order valence-corrected chi connectivity index (χ2v) is 4.03. The number of ether oxygens (including phenoxy) is 1. The van der Waals surface area contributed by atoms with Gasteiger partial charge in [0.05, 0.1) is 0 Å². The highest BCUT2D eigenvalue weighted by atomic mass is 16.5. The number of imidazole rings is 1. The number of pyridine rings is 1. The first-order chi connectivity index (χ1) is 9.72. The molecular weight excluding hydrogens is 254 g/mol. The van der Waals surface area contributed by atoms with Gasteiger partial charge < -0.3 is 9.72 Å². The van der Waals surface area contributed by atoms with E-state index in [1.165, 1.54) is 0 Å². The number of aryl methyl sites for hydroxylation is 1. The molecule has 0 fully saturated rings. The van der Waals surface area contributed by atoms with E-state index in [9.17, 15) is 4.79 Å². The second-order valence-electron chi connectivity index (χ2n) is 4.03. The summed E-state index contributed by atoms with van der Waals surface area (Å²) in [4.78, 5) is 20.6. The summed E-state index contributed by atoms with van der Waals surface area (Å²) in [6, 6.07) is 9.42. The van der Waals surface area contributed by atoms with E-state index in [1.54, 1.807) is 12.3 Å². The van der Waals surface area contributed by atoms with Gasteiger partial charge in [-0.25, -0.2) is 9.78 Å². The fraction of sp³-hybridized carbons (Fsp3) is 0.200. The van der Waals surface area contributed by atoms with E-state index in [1.807, 2.05) is 45.0 Å². The van der Waals surface area contributed by atoms with Crippen LogP contribution in [-0.4, -0.2) is 15.0 Å². The van der Waals surface area contributed by atoms with Crippen LogP contribution >= 0.6 is 0 Å². The van der Waals surface area contributed by atoms with Gasteiger partial charge in [-0.05, 0) is 24.6 Å². The number of aromatic amines is 2. The first-order valence-corrected chi connectivity index (χ1v) is 6.54. The van der Waals surface area contributed by atoms with E-state index in [0.717, 1.165) is 11.3 Å². The monoisotopic (exact) mass is 271 g/mol. The van der Waals surface area contributed by atoms with Gasteiger partial charge in [0.2, 0.25) is 0 Å². The SMILES string of the molecule is CC.Cc1cccc(Oc2ccnc3[nH]c(=O)[nH]c23)c1. The predicted molar refractivity (Wildman–Crippen MR) is 79.3 cm³/mol. The number of hydrogen-bond acceptors (Lipinski definition) is 3. The Morgan fingerprint density at radius 3 is 2.70 bits per heavy atom. The van der Waals surface area contributed by atoms with Crippen LogP contribution < -0.4 is 10.4 Å². The average Bonchev–Trinajstić information content (AvgIpc) is 2.83. The van der Waals surface area contributed by atoms with Crippen LogP contribution in [-0.2, 0) is 0 Å². The molecule has 0 aliphatic rings. The van der Waals surface area contributed by atoms with Crippen LogP contribution in [0.1, 0.15) is 19.4 Å². The van der Waals surface area contributed by atoms with Gasteiger partial charge >= 0.3 is 5.69 Å². The number of hydrogen-bond donors (Lipinski definition) is 2. The van der Waals surface area contributed by atoms with Crippen molar-refractivity contribution >= 4 is 11.2 Å². The molecule has 104 valence electrons. The lowest BCUT2D eigenvalue weighted by atomic mass is 10.2. The standard InChI is InChI=1S/C13H11N3O2.C2H6/c1-8-3-2-4-9(7-8)18-10-5-6-14-12-11(10)15-13(17)16-12;1-2/h2-7H,1H3,(H2,14,15,16,17);1-2H3. The maximum atomic E-state index is 11.2. The molecule has 5 heteroatoms. The molecular formula is C15H17N3O2. The third kappa shape index (κ3) is 2.88. The fourth-order valence-corrected chi connectivity index (χ4v) is 1.80. The molecule has 0 amide bonds. The Hall–Kier alpha value is -2.56. The summed E-state index contributed by atoms with van der Waals surface area (Å²) in [5.41, 5.74) is 1.88. The van der Waals surface area contributed by atoms with E-state index in [0.29, 0.717) is 16.9 Å². The molecule has 0 unspecified atom stereocenters. The normalized spacial score (nSPS) is 9.95. The van der Waals surface area contributed by atoms with E-state index in [2.05, 4.69) is 15.0 Å². The first kappa shape index (κ1) is 13.9. The minimum absolute atomic E-state index is 0.294. The van der Waals surface area contributed by atoms with Gasteiger partial charge in [0.25, 0.3) is 0 Å². The molecule has 0 aliphatic heterocycles. The van der Waals surface area contributed by atoms with Gasteiger partial charge in [-0.3, -0.25) is 4.98 Å². The van der Waals surface area contributed by atoms with Crippen molar-refractivity contribution < 1.29 is 4.74 Å². The lowest BCUT2D eigenvalue weighted by Gasteiger charge is -2.06. The third-order valence-electron chi connectivity index (χ3n) is 2.60. The molecule has 0 spiro atoms. The molecule has 2 aromatic heterocycles. The van der Waals surface area contributed by atoms with Crippen LogP contribution in [0.5, 0.6) is 11.5 Å². The van der Waals surface area contributed by atoms with Gasteiger partial charge in [0, 0.05) is 12.3 Å². The molecule has 1 aromatic carbocycles. The largest absolute Gasteiger partial charge is 0.455 e. The number of nitrogens with one attached hydrogen (secondary N) is 2. The zero-order chi connectivity index (χ0) is 14.5. The smallest absolute Gasteiger partial charge is 0.325 e. The van der Waals surface area contributed by atoms with Crippen LogP contribution in [0.4, 0.5) is 0 Å². The van der Waals surface area contributed by atoms with Crippen molar-refractivity contribution in [1.29, 1.82) is 0 Å². The first-order valence-electron chi connectivity index (χ1n) is 6.54. The fourth-order valence-electron chi connectivity index (χ4n) is 1.80. The predicted octanol–water partition coefficient (Wildman–Crippen LogP) is 3.38. The highest BCUT2D eigenvalue weighted by Crippen LogP contribution is 2.26. The van der Waals surface area contributed by atoms with Crippen molar-refractivity contribution in [3.8, 4) is 11.5 Å².